The normalized spacial score (nSPS) is 9.12. The van der Waals surface area contributed by atoms with Crippen molar-refractivity contribution in [1.82, 2.24) is 10.6 Å². The lowest BCUT2D eigenvalue weighted by Gasteiger charge is -2.01. The molecular weight excluding hydrogens is 240 g/mol. The second-order valence-corrected chi connectivity index (χ2v) is 3.01. The molecule has 0 saturated carbocycles. The third kappa shape index (κ3) is 22.8. The average molecular weight is 252 g/mol. The number of hydrogen-bond acceptors (Lipinski definition) is 4. The van der Waals surface area contributed by atoms with Crippen LogP contribution in [0.3, 0.4) is 0 Å². The van der Waals surface area contributed by atoms with E-state index in [2.05, 4.69) is 23.8 Å². The van der Waals surface area contributed by atoms with Gasteiger partial charge in [0.2, 0.25) is 11.8 Å². The van der Waals surface area contributed by atoms with E-state index in [1.54, 1.807) is 0 Å². The molecular formula is C7H12N2O6S. The van der Waals surface area contributed by atoms with E-state index in [0.29, 0.717) is 0 Å². The fourth-order valence-electron chi connectivity index (χ4n) is 0.363. The van der Waals surface area contributed by atoms with Crippen LogP contribution in [0.1, 0.15) is 0 Å². The first-order valence-electron chi connectivity index (χ1n) is 3.71. The maximum absolute atomic E-state index is 10.5. The van der Waals surface area contributed by atoms with Gasteiger partial charge in [0, 0.05) is 0 Å². The molecule has 0 spiro atoms. The summed E-state index contributed by atoms with van der Waals surface area (Å²) in [5.74, 6) is -0.649. The van der Waals surface area contributed by atoms with Gasteiger partial charge in [-0.15, -0.1) is 0 Å². The van der Waals surface area contributed by atoms with Gasteiger partial charge in [0.15, 0.2) is 0 Å². The summed E-state index contributed by atoms with van der Waals surface area (Å²) in [6.45, 7) is 6.56. The van der Waals surface area contributed by atoms with Crippen molar-refractivity contribution in [2.24, 2.45) is 0 Å². The SMILES string of the molecule is C=CC(=O)NCNC(=O)C=C.O=S(=O)(O)O. The van der Waals surface area contributed by atoms with Gasteiger partial charge in [-0.25, -0.2) is 0 Å². The van der Waals surface area contributed by atoms with Gasteiger partial charge in [-0.1, -0.05) is 13.2 Å². The molecule has 2 amide bonds. The summed E-state index contributed by atoms with van der Waals surface area (Å²) in [7, 11) is -4.67. The molecule has 0 radical (unpaired) electrons. The predicted octanol–water partition coefficient (Wildman–Crippen LogP) is -1.10. The maximum Gasteiger partial charge on any atom is 0.394 e. The molecule has 0 fully saturated rings. The van der Waals surface area contributed by atoms with Crippen molar-refractivity contribution in [3.63, 3.8) is 0 Å². The highest BCUT2D eigenvalue weighted by atomic mass is 32.3. The Labute approximate surface area is 92.6 Å². The van der Waals surface area contributed by atoms with Crippen molar-refractivity contribution < 1.29 is 27.1 Å². The molecule has 0 rings (SSSR count). The lowest BCUT2D eigenvalue weighted by atomic mass is 10.5. The quantitative estimate of drug-likeness (QED) is 0.285. The van der Waals surface area contributed by atoms with E-state index in [1.807, 2.05) is 0 Å². The van der Waals surface area contributed by atoms with Crippen molar-refractivity contribution in [3.8, 4) is 0 Å². The molecule has 16 heavy (non-hydrogen) atoms. The second kappa shape index (κ2) is 8.59. The highest BCUT2D eigenvalue weighted by Crippen LogP contribution is 1.65. The van der Waals surface area contributed by atoms with E-state index in [9.17, 15) is 9.59 Å². The van der Waals surface area contributed by atoms with Crippen LogP contribution in [0.4, 0.5) is 0 Å². The smallest absolute Gasteiger partial charge is 0.335 e. The average Bonchev–Trinajstić information content (AvgIpc) is 2.14. The molecule has 0 aromatic carbocycles. The number of hydrogen-bond donors (Lipinski definition) is 4. The molecule has 8 nitrogen and oxygen atoms in total. The molecule has 0 unspecified atom stereocenters. The van der Waals surface area contributed by atoms with Crippen LogP contribution in [0.15, 0.2) is 25.3 Å². The number of nitrogens with one attached hydrogen (secondary N) is 2. The molecule has 9 heteroatoms. The first kappa shape index (κ1) is 16.7. The van der Waals surface area contributed by atoms with Crippen LogP contribution in [0.5, 0.6) is 0 Å². The van der Waals surface area contributed by atoms with Gasteiger partial charge in [-0.05, 0) is 12.2 Å². The monoisotopic (exact) mass is 252 g/mol. The van der Waals surface area contributed by atoms with Crippen molar-refractivity contribution in [3.05, 3.63) is 25.3 Å². The number of rotatable bonds is 4. The van der Waals surface area contributed by atoms with Crippen LogP contribution >= 0.6 is 0 Å². The molecule has 0 aromatic rings. The van der Waals surface area contributed by atoms with Crippen molar-refractivity contribution >= 4 is 22.2 Å². The number of amides is 2. The summed E-state index contributed by atoms with van der Waals surface area (Å²) in [6.07, 6.45) is 2.25. The van der Waals surface area contributed by atoms with Crippen LogP contribution in [0.25, 0.3) is 0 Å². The molecule has 0 aromatic heterocycles. The van der Waals surface area contributed by atoms with E-state index in [4.69, 9.17) is 17.5 Å². The topological polar surface area (TPSA) is 133 Å². The molecule has 0 atom stereocenters. The fraction of sp³-hybridized carbons (Fsp3) is 0.143. The molecule has 4 N–H and O–H groups in total. The first-order valence-corrected chi connectivity index (χ1v) is 5.10. The van der Waals surface area contributed by atoms with E-state index >= 15 is 0 Å². The summed E-state index contributed by atoms with van der Waals surface area (Å²) in [5, 5.41) is 4.72. The number of carbonyl (C=O) groups is 2. The summed E-state index contributed by atoms with van der Waals surface area (Å²) in [5.41, 5.74) is 0. The Kier molecular flexibility index (Phi) is 8.97. The van der Waals surface area contributed by atoms with Gasteiger partial charge in [-0.2, -0.15) is 8.42 Å². The van der Waals surface area contributed by atoms with Crippen LogP contribution in [-0.2, 0) is 20.0 Å². The minimum atomic E-state index is -4.67. The predicted molar refractivity (Wildman–Crippen MR) is 55.7 cm³/mol. The minimum absolute atomic E-state index is 0.0930. The molecule has 0 aliphatic rings. The van der Waals surface area contributed by atoms with E-state index in [-0.39, 0.29) is 18.5 Å². The molecule has 92 valence electrons. The summed E-state index contributed by atoms with van der Waals surface area (Å²) in [4.78, 5) is 21.0. The molecule has 0 aliphatic heterocycles. The van der Waals surface area contributed by atoms with Crippen LogP contribution in [0, 0.1) is 0 Å². The Hall–Kier alpha value is -1.71. The van der Waals surface area contributed by atoms with E-state index in [0.717, 1.165) is 12.2 Å². The summed E-state index contributed by atoms with van der Waals surface area (Å²) < 4.78 is 31.6. The van der Waals surface area contributed by atoms with Crippen molar-refractivity contribution in [2.75, 3.05) is 6.67 Å². The zero-order valence-corrected chi connectivity index (χ0v) is 9.03. The van der Waals surface area contributed by atoms with Gasteiger partial charge >= 0.3 is 10.4 Å². The fourth-order valence-corrected chi connectivity index (χ4v) is 0.363. The lowest BCUT2D eigenvalue weighted by Crippen LogP contribution is -2.35. The number of carbonyl (C=O) groups excluding carboxylic acids is 2. The Morgan fingerprint density at radius 1 is 1.06 bits per heavy atom. The van der Waals surface area contributed by atoms with Gasteiger partial charge < -0.3 is 10.6 Å². The molecule has 0 heterocycles. The van der Waals surface area contributed by atoms with Crippen LogP contribution < -0.4 is 10.6 Å². The summed E-state index contributed by atoms with van der Waals surface area (Å²) in [6, 6.07) is 0. The van der Waals surface area contributed by atoms with E-state index in [1.165, 1.54) is 0 Å². The molecule has 0 saturated heterocycles. The highest BCUT2D eigenvalue weighted by Gasteiger charge is 1.93. The van der Waals surface area contributed by atoms with Crippen LogP contribution in [0.2, 0.25) is 0 Å². The Morgan fingerprint density at radius 2 is 1.31 bits per heavy atom. The summed E-state index contributed by atoms with van der Waals surface area (Å²) >= 11 is 0. The highest BCUT2D eigenvalue weighted by molar-refractivity contribution is 7.79. The van der Waals surface area contributed by atoms with Gasteiger partial charge in [-0.3, -0.25) is 18.7 Å². The zero-order chi connectivity index (χ0) is 13.2. The largest absolute Gasteiger partial charge is 0.394 e. The standard InChI is InChI=1S/C7H10N2O2.H2O4S/c1-3-6(10)8-5-9-7(11)4-2;1-5(2,3)4/h3-4H,1-2,5H2,(H,8,10)(H,9,11);(H2,1,2,3,4). The zero-order valence-electron chi connectivity index (χ0n) is 8.21. The van der Waals surface area contributed by atoms with Gasteiger partial charge in [0.1, 0.15) is 0 Å². The Bertz CT molecular complexity index is 333. The third-order valence-corrected chi connectivity index (χ3v) is 0.896. The molecule has 0 aliphatic carbocycles. The van der Waals surface area contributed by atoms with Gasteiger partial charge in [0.05, 0.1) is 6.67 Å². The van der Waals surface area contributed by atoms with Gasteiger partial charge in [0.25, 0.3) is 0 Å². The van der Waals surface area contributed by atoms with Crippen molar-refractivity contribution in [2.45, 2.75) is 0 Å². The minimum Gasteiger partial charge on any atom is -0.335 e. The third-order valence-electron chi connectivity index (χ3n) is 0.896. The first-order chi connectivity index (χ1) is 7.20. The Balaban J connectivity index is 0. The van der Waals surface area contributed by atoms with Crippen molar-refractivity contribution in [1.29, 1.82) is 0 Å². The lowest BCUT2D eigenvalue weighted by molar-refractivity contribution is -0.118. The van der Waals surface area contributed by atoms with Crippen LogP contribution in [-0.4, -0.2) is 36.0 Å². The van der Waals surface area contributed by atoms with E-state index < -0.39 is 10.4 Å². The Morgan fingerprint density at radius 3 is 1.50 bits per heavy atom. The molecule has 0 bridgehead atoms. The maximum atomic E-state index is 10.5. The second-order valence-electron chi connectivity index (χ2n) is 2.11.